The number of nitrogens with one attached hydrogen (secondary N) is 1. The highest BCUT2D eigenvalue weighted by molar-refractivity contribution is 5.90. The molecule has 54 heavy (non-hydrogen) atoms. The molecule has 3 aliphatic rings. The third kappa shape index (κ3) is 9.49. The minimum absolute atomic E-state index is 0.0644. The predicted molar refractivity (Wildman–Crippen MR) is 193 cm³/mol. The van der Waals surface area contributed by atoms with Gasteiger partial charge in [0.2, 0.25) is 5.91 Å². The first-order valence-electron chi connectivity index (χ1n) is 18.5. The van der Waals surface area contributed by atoms with E-state index in [0.717, 1.165) is 52.8 Å². The fraction of sp³-hybridized carbons (Fsp3) is 0.488. The number of esters is 1. The van der Waals surface area contributed by atoms with E-state index < -0.39 is 35.9 Å². The molecule has 5 atom stereocenters. The first-order chi connectivity index (χ1) is 25.7. The molecule has 3 aromatic carbocycles. The molecule has 13 heteroatoms. The van der Waals surface area contributed by atoms with Crippen molar-refractivity contribution in [3.05, 3.63) is 95.1 Å². The van der Waals surface area contributed by atoms with E-state index in [1.54, 1.807) is 0 Å². The lowest BCUT2D eigenvalue weighted by Crippen LogP contribution is -2.50. The van der Waals surface area contributed by atoms with E-state index in [0.29, 0.717) is 24.3 Å². The standard InChI is InChI=1S/C41H48F3N3O7/c1-40(2,3)54-37(50)34-11-6-20-46(34)24-31-22-35(28-14-12-26(25-48)13-15-28)53-38(52-31)29-18-16-27(17-19-29)32-9-5-4-8-30(32)23-45-36(49)33-10-7-21-47(33)39(51)41(42,43)44/h4-5,8-9,12-19,31,33-35,38,48H,6-7,10-11,20-25H2,1-3H3,(H,45,49)/t31-,33-,34-,35+,38+/m0/s1. The Balaban J connectivity index is 1.17. The van der Waals surface area contributed by atoms with Gasteiger partial charge in [0.25, 0.3) is 0 Å². The minimum atomic E-state index is -5.04. The van der Waals surface area contributed by atoms with E-state index in [1.807, 2.05) is 93.6 Å². The van der Waals surface area contributed by atoms with Gasteiger partial charge in [-0.1, -0.05) is 72.8 Å². The smallest absolute Gasteiger partial charge is 0.459 e. The van der Waals surface area contributed by atoms with Crippen molar-refractivity contribution in [1.29, 1.82) is 0 Å². The van der Waals surface area contributed by atoms with Crippen molar-refractivity contribution in [1.82, 2.24) is 15.1 Å². The minimum Gasteiger partial charge on any atom is -0.459 e. The zero-order valence-electron chi connectivity index (χ0n) is 30.8. The van der Waals surface area contributed by atoms with Crippen LogP contribution < -0.4 is 5.32 Å². The second kappa shape index (κ2) is 16.6. The summed E-state index contributed by atoms with van der Waals surface area (Å²) >= 11 is 0. The van der Waals surface area contributed by atoms with Gasteiger partial charge in [0.1, 0.15) is 17.7 Å². The summed E-state index contributed by atoms with van der Waals surface area (Å²) in [5.41, 5.74) is 4.37. The Morgan fingerprint density at radius 3 is 2.22 bits per heavy atom. The molecule has 3 heterocycles. The zero-order valence-corrected chi connectivity index (χ0v) is 30.8. The first kappa shape index (κ1) is 39.4. The van der Waals surface area contributed by atoms with E-state index in [4.69, 9.17) is 14.2 Å². The molecule has 290 valence electrons. The Morgan fingerprint density at radius 1 is 0.870 bits per heavy atom. The molecule has 6 rings (SSSR count). The van der Waals surface area contributed by atoms with Gasteiger partial charge in [-0.25, -0.2) is 0 Å². The Morgan fingerprint density at radius 2 is 1.54 bits per heavy atom. The maximum Gasteiger partial charge on any atom is 0.471 e. The molecule has 10 nitrogen and oxygen atoms in total. The van der Waals surface area contributed by atoms with Crippen LogP contribution in [0, 0.1) is 0 Å². The fourth-order valence-corrected chi connectivity index (χ4v) is 7.50. The van der Waals surface area contributed by atoms with E-state index in [9.17, 15) is 32.7 Å². The molecular weight excluding hydrogens is 703 g/mol. The van der Waals surface area contributed by atoms with Gasteiger partial charge in [-0.3, -0.25) is 19.3 Å². The predicted octanol–water partition coefficient (Wildman–Crippen LogP) is 6.37. The van der Waals surface area contributed by atoms with Crippen molar-refractivity contribution in [3.8, 4) is 11.1 Å². The van der Waals surface area contributed by atoms with Gasteiger partial charge in [-0.2, -0.15) is 13.2 Å². The molecule has 3 aromatic rings. The van der Waals surface area contributed by atoms with Crippen molar-refractivity contribution in [3.63, 3.8) is 0 Å². The largest absolute Gasteiger partial charge is 0.471 e. The maximum absolute atomic E-state index is 13.1. The van der Waals surface area contributed by atoms with Crippen LogP contribution >= 0.6 is 0 Å². The average Bonchev–Trinajstić information content (AvgIpc) is 3.83. The third-order valence-electron chi connectivity index (χ3n) is 10.1. The average molecular weight is 752 g/mol. The number of rotatable bonds is 10. The summed E-state index contributed by atoms with van der Waals surface area (Å²) in [5.74, 6) is -2.85. The number of halogens is 3. The number of carbonyl (C=O) groups is 3. The van der Waals surface area contributed by atoms with Crippen molar-refractivity contribution >= 4 is 17.8 Å². The number of alkyl halides is 3. The molecule has 2 amide bonds. The molecule has 0 radical (unpaired) electrons. The SMILES string of the molecule is CC(C)(C)OC(=O)[C@@H]1CCCN1C[C@@H]1C[C@H](c2ccc(CO)cc2)O[C@H](c2ccc(-c3ccccc3CNC(=O)[C@@H]3CCCN3C(=O)C(F)(F)F)cc2)O1. The van der Waals surface area contributed by atoms with Gasteiger partial charge in [-0.15, -0.1) is 0 Å². The number of likely N-dealkylation sites (tertiary alicyclic amines) is 2. The van der Waals surface area contributed by atoms with E-state index in [-0.39, 0.29) is 50.3 Å². The van der Waals surface area contributed by atoms with Crippen LogP contribution in [0.25, 0.3) is 11.1 Å². The van der Waals surface area contributed by atoms with Gasteiger partial charge in [0.05, 0.1) is 18.8 Å². The van der Waals surface area contributed by atoms with Crippen molar-refractivity contribution in [2.24, 2.45) is 0 Å². The Hall–Kier alpha value is -4.30. The highest BCUT2D eigenvalue weighted by atomic mass is 19.4. The van der Waals surface area contributed by atoms with Gasteiger partial charge in [0, 0.05) is 31.6 Å². The van der Waals surface area contributed by atoms with Crippen molar-refractivity contribution < 1.29 is 46.9 Å². The van der Waals surface area contributed by atoms with Crippen LogP contribution in [0.3, 0.4) is 0 Å². The summed E-state index contributed by atoms with van der Waals surface area (Å²) in [6.07, 6.45) is -3.68. The lowest BCUT2D eigenvalue weighted by Gasteiger charge is -2.38. The van der Waals surface area contributed by atoms with Crippen LogP contribution in [0.5, 0.6) is 0 Å². The molecule has 0 aromatic heterocycles. The molecule has 3 aliphatic heterocycles. The summed E-state index contributed by atoms with van der Waals surface area (Å²) < 4.78 is 58.2. The topological polar surface area (TPSA) is 118 Å². The molecular formula is C41H48F3N3O7. The number of aliphatic hydroxyl groups excluding tert-OH is 1. The van der Waals surface area contributed by atoms with Gasteiger partial charge >= 0.3 is 18.1 Å². The number of aliphatic hydroxyl groups is 1. The second-order valence-electron chi connectivity index (χ2n) is 15.2. The summed E-state index contributed by atoms with van der Waals surface area (Å²) in [5, 5.41) is 12.3. The summed E-state index contributed by atoms with van der Waals surface area (Å²) in [4.78, 5) is 40.7. The monoisotopic (exact) mass is 751 g/mol. The van der Waals surface area contributed by atoms with Gasteiger partial charge < -0.3 is 29.5 Å². The molecule has 3 saturated heterocycles. The molecule has 0 saturated carbocycles. The number of nitrogens with zero attached hydrogens (tertiary/aromatic N) is 2. The number of hydrogen-bond donors (Lipinski definition) is 2. The Labute approximate surface area is 313 Å². The number of ether oxygens (including phenoxy) is 3. The van der Waals surface area contributed by atoms with Crippen LogP contribution in [0.4, 0.5) is 13.2 Å². The first-order valence-corrected chi connectivity index (χ1v) is 18.5. The molecule has 3 fully saturated rings. The Kier molecular flexibility index (Phi) is 12.1. The van der Waals surface area contributed by atoms with Crippen LogP contribution in [-0.2, 0) is 41.7 Å². The highest BCUT2D eigenvalue weighted by Gasteiger charge is 2.47. The van der Waals surface area contributed by atoms with Gasteiger partial charge in [-0.05, 0) is 80.8 Å². The zero-order chi connectivity index (χ0) is 38.6. The molecule has 0 unspecified atom stereocenters. The molecule has 0 spiro atoms. The van der Waals surface area contributed by atoms with Crippen molar-refractivity contribution in [2.45, 2.75) is 108 Å². The molecule has 2 N–H and O–H groups in total. The van der Waals surface area contributed by atoms with Crippen LogP contribution in [0.1, 0.15) is 87.5 Å². The highest BCUT2D eigenvalue weighted by Crippen LogP contribution is 2.39. The second-order valence-corrected chi connectivity index (χ2v) is 15.2. The van der Waals surface area contributed by atoms with E-state index in [2.05, 4.69) is 10.2 Å². The number of amides is 2. The number of carbonyl (C=O) groups excluding carboxylic acids is 3. The third-order valence-corrected chi connectivity index (χ3v) is 10.1. The normalized spacial score (nSPS) is 23.7. The van der Waals surface area contributed by atoms with Crippen LogP contribution in [0.2, 0.25) is 0 Å². The fourth-order valence-electron chi connectivity index (χ4n) is 7.50. The summed E-state index contributed by atoms with van der Waals surface area (Å²) in [6.45, 7) is 6.76. The van der Waals surface area contributed by atoms with Crippen molar-refractivity contribution in [2.75, 3.05) is 19.6 Å². The molecule has 0 bridgehead atoms. The molecule has 0 aliphatic carbocycles. The lowest BCUT2D eigenvalue weighted by molar-refractivity contribution is -0.253. The quantitative estimate of drug-likeness (QED) is 0.230. The maximum atomic E-state index is 13.1. The van der Waals surface area contributed by atoms with Crippen LogP contribution in [-0.4, -0.2) is 82.3 Å². The van der Waals surface area contributed by atoms with Gasteiger partial charge in [0.15, 0.2) is 6.29 Å². The van der Waals surface area contributed by atoms with E-state index in [1.165, 1.54) is 0 Å². The summed E-state index contributed by atoms with van der Waals surface area (Å²) in [6, 6.07) is 21.2. The van der Waals surface area contributed by atoms with E-state index >= 15 is 0 Å². The summed E-state index contributed by atoms with van der Waals surface area (Å²) in [7, 11) is 0. The lowest BCUT2D eigenvalue weighted by atomic mass is 9.97. The number of benzene rings is 3. The Bertz CT molecular complexity index is 1780. The number of hydrogen-bond acceptors (Lipinski definition) is 8. The van der Waals surface area contributed by atoms with Crippen LogP contribution in [0.15, 0.2) is 72.8 Å².